The third-order valence-electron chi connectivity index (χ3n) is 5.62. The molecule has 0 saturated carbocycles. The Morgan fingerprint density at radius 2 is 1.85 bits per heavy atom. The summed E-state index contributed by atoms with van der Waals surface area (Å²) in [6, 6.07) is 21.8. The molecule has 0 aliphatic heterocycles. The SMILES string of the molecule is CCC(O)CN(Cc1ccco1)Cc1c(C)nn(-c2ccccc2)c1Oc1cccc(C)c1. The Kier molecular flexibility index (Phi) is 7.27. The lowest BCUT2D eigenvalue weighted by Crippen LogP contribution is -2.31. The fourth-order valence-corrected chi connectivity index (χ4v) is 3.82. The third-order valence-corrected chi connectivity index (χ3v) is 5.62. The third kappa shape index (κ3) is 5.72. The lowest BCUT2D eigenvalue weighted by atomic mass is 10.2. The number of rotatable bonds is 10. The van der Waals surface area contributed by atoms with Gasteiger partial charge in [-0.25, -0.2) is 4.68 Å². The van der Waals surface area contributed by atoms with Crippen molar-refractivity contribution in [2.75, 3.05) is 6.54 Å². The Bertz CT molecular complexity index is 1150. The molecule has 172 valence electrons. The van der Waals surface area contributed by atoms with Crippen molar-refractivity contribution in [3.63, 3.8) is 0 Å². The zero-order valence-electron chi connectivity index (χ0n) is 19.4. The molecule has 4 aromatic rings. The van der Waals surface area contributed by atoms with Gasteiger partial charge in [-0.1, -0.05) is 37.3 Å². The van der Waals surface area contributed by atoms with Gasteiger partial charge in [0.2, 0.25) is 5.88 Å². The second-order valence-electron chi connectivity index (χ2n) is 8.35. The van der Waals surface area contributed by atoms with E-state index in [4.69, 9.17) is 14.3 Å². The molecule has 0 radical (unpaired) electrons. The molecule has 6 nitrogen and oxygen atoms in total. The molecule has 1 N–H and O–H groups in total. The molecule has 2 aromatic carbocycles. The monoisotopic (exact) mass is 445 g/mol. The largest absolute Gasteiger partial charge is 0.468 e. The van der Waals surface area contributed by atoms with Crippen molar-refractivity contribution in [1.29, 1.82) is 0 Å². The molecule has 0 amide bonds. The maximum Gasteiger partial charge on any atom is 0.227 e. The van der Waals surface area contributed by atoms with Gasteiger partial charge in [0, 0.05) is 13.1 Å². The van der Waals surface area contributed by atoms with Gasteiger partial charge >= 0.3 is 0 Å². The van der Waals surface area contributed by atoms with Crippen molar-refractivity contribution >= 4 is 0 Å². The Morgan fingerprint density at radius 3 is 2.55 bits per heavy atom. The number of aryl methyl sites for hydroxylation is 2. The molecular formula is C27H31N3O3. The normalized spacial score (nSPS) is 12.3. The lowest BCUT2D eigenvalue weighted by molar-refractivity contribution is 0.0968. The highest BCUT2D eigenvalue weighted by Gasteiger charge is 2.23. The number of aliphatic hydroxyl groups is 1. The molecule has 0 spiro atoms. The molecule has 0 fully saturated rings. The molecule has 0 aliphatic rings. The zero-order valence-corrected chi connectivity index (χ0v) is 19.4. The van der Waals surface area contributed by atoms with E-state index in [-0.39, 0.29) is 0 Å². The molecule has 6 heteroatoms. The van der Waals surface area contributed by atoms with Crippen LogP contribution >= 0.6 is 0 Å². The average Bonchev–Trinajstić information content (AvgIpc) is 3.43. The van der Waals surface area contributed by atoms with E-state index >= 15 is 0 Å². The summed E-state index contributed by atoms with van der Waals surface area (Å²) < 4.78 is 13.9. The van der Waals surface area contributed by atoms with Crippen LogP contribution in [0.15, 0.2) is 77.4 Å². The van der Waals surface area contributed by atoms with Gasteiger partial charge in [0.25, 0.3) is 0 Å². The number of nitrogens with zero attached hydrogens (tertiary/aromatic N) is 3. The van der Waals surface area contributed by atoms with E-state index in [1.807, 2.05) is 92.2 Å². The van der Waals surface area contributed by atoms with E-state index in [0.29, 0.717) is 31.9 Å². The molecule has 0 aliphatic carbocycles. The van der Waals surface area contributed by atoms with Gasteiger partial charge in [0.05, 0.1) is 35.9 Å². The van der Waals surface area contributed by atoms with Crippen LogP contribution in [0.4, 0.5) is 0 Å². The van der Waals surface area contributed by atoms with Crippen LogP contribution in [-0.4, -0.2) is 32.4 Å². The van der Waals surface area contributed by atoms with Crippen LogP contribution in [0.25, 0.3) is 5.69 Å². The molecule has 1 atom stereocenters. The van der Waals surface area contributed by atoms with Gasteiger partial charge in [-0.05, 0) is 62.2 Å². The van der Waals surface area contributed by atoms with Crippen LogP contribution in [0.3, 0.4) is 0 Å². The van der Waals surface area contributed by atoms with Crippen LogP contribution in [0.5, 0.6) is 11.6 Å². The van der Waals surface area contributed by atoms with Crippen LogP contribution < -0.4 is 4.74 Å². The first-order chi connectivity index (χ1) is 16.0. The highest BCUT2D eigenvalue weighted by atomic mass is 16.5. The molecule has 4 rings (SSSR count). The summed E-state index contributed by atoms with van der Waals surface area (Å²) in [6.07, 6.45) is 1.93. The zero-order chi connectivity index (χ0) is 23.2. The fraction of sp³-hybridized carbons (Fsp3) is 0.296. The molecular weight excluding hydrogens is 414 g/mol. The van der Waals surface area contributed by atoms with Crippen molar-refractivity contribution < 1.29 is 14.3 Å². The van der Waals surface area contributed by atoms with Crippen molar-refractivity contribution in [1.82, 2.24) is 14.7 Å². The summed E-state index contributed by atoms with van der Waals surface area (Å²) in [5.74, 6) is 2.30. The molecule has 0 bridgehead atoms. The van der Waals surface area contributed by atoms with Crippen molar-refractivity contribution in [2.45, 2.75) is 46.4 Å². The standard InChI is InChI=1S/C27H31N3O3/c1-4-23(31)17-29(18-25-14-9-15-32-25)19-26-21(3)28-30(22-11-6-5-7-12-22)27(26)33-24-13-8-10-20(2)16-24/h5-16,23,31H,4,17-19H2,1-3H3. The number of benzene rings is 2. The van der Waals surface area contributed by atoms with Crippen LogP contribution in [-0.2, 0) is 13.1 Å². The Balaban J connectivity index is 1.72. The lowest BCUT2D eigenvalue weighted by Gasteiger charge is -2.24. The van der Waals surface area contributed by atoms with E-state index < -0.39 is 6.10 Å². The molecule has 2 heterocycles. The van der Waals surface area contributed by atoms with Gasteiger partial charge in [-0.15, -0.1) is 0 Å². The number of furan rings is 1. The number of para-hydroxylation sites is 1. The number of aliphatic hydroxyl groups excluding tert-OH is 1. The number of hydrogen-bond donors (Lipinski definition) is 1. The first-order valence-electron chi connectivity index (χ1n) is 11.3. The van der Waals surface area contributed by atoms with E-state index in [1.54, 1.807) is 6.26 Å². The minimum absolute atomic E-state index is 0.425. The second-order valence-corrected chi connectivity index (χ2v) is 8.35. The van der Waals surface area contributed by atoms with Gasteiger partial charge in [0.15, 0.2) is 0 Å². The van der Waals surface area contributed by atoms with E-state index in [2.05, 4.69) is 4.90 Å². The number of ether oxygens (including phenoxy) is 1. The summed E-state index contributed by atoms with van der Waals surface area (Å²) in [5, 5.41) is 15.2. The molecule has 2 aromatic heterocycles. The predicted octanol–water partition coefficient (Wildman–Crippen LogP) is 5.65. The predicted molar refractivity (Wildman–Crippen MR) is 129 cm³/mol. The van der Waals surface area contributed by atoms with Gasteiger partial charge < -0.3 is 14.3 Å². The van der Waals surface area contributed by atoms with Crippen molar-refractivity contribution in [3.05, 3.63) is 95.6 Å². The minimum atomic E-state index is -0.425. The Morgan fingerprint density at radius 1 is 1.03 bits per heavy atom. The van der Waals surface area contributed by atoms with Crippen LogP contribution in [0, 0.1) is 13.8 Å². The smallest absolute Gasteiger partial charge is 0.227 e. The Labute approximate surface area is 195 Å². The van der Waals surface area contributed by atoms with Crippen molar-refractivity contribution in [3.8, 4) is 17.3 Å². The average molecular weight is 446 g/mol. The van der Waals surface area contributed by atoms with Gasteiger partial charge in [-0.2, -0.15) is 5.10 Å². The Hall–Kier alpha value is -3.35. The summed E-state index contributed by atoms with van der Waals surface area (Å²) in [7, 11) is 0. The maximum absolute atomic E-state index is 10.4. The minimum Gasteiger partial charge on any atom is -0.468 e. The van der Waals surface area contributed by atoms with E-state index in [9.17, 15) is 5.11 Å². The number of hydrogen-bond acceptors (Lipinski definition) is 5. The maximum atomic E-state index is 10.4. The summed E-state index contributed by atoms with van der Waals surface area (Å²) >= 11 is 0. The number of aromatic nitrogens is 2. The molecule has 0 saturated heterocycles. The van der Waals surface area contributed by atoms with E-state index in [1.165, 1.54) is 0 Å². The highest BCUT2D eigenvalue weighted by molar-refractivity contribution is 5.43. The topological polar surface area (TPSA) is 63.7 Å². The van der Waals surface area contributed by atoms with Crippen LogP contribution in [0.1, 0.15) is 35.9 Å². The second kappa shape index (κ2) is 10.5. The summed E-state index contributed by atoms with van der Waals surface area (Å²) in [4.78, 5) is 2.18. The summed E-state index contributed by atoms with van der Waals surface area (Å²) in [5.41, 5.74) is 3.93. The van der Waals surface area contributed by atoms with Crippen LogP contribution in [0.2, 0.25) is 0 Å². The quantitative estimate of drug-likeness (QED) is 0.342. The fourth-order valence-electron chi connectivity index (χ4n) is 3.82. The highest BCUT2D eigenvalue weighted by Crippen LogP contribution is 2.32. The molecule has 1 unspecified atom stereocenters. The molecule has 33 heavy (non-hydrogen) atoms. The van der Waals surface area contributed by atoms with Gasteiger partial charge in [-0.3, -0.25) is 4.90 Å². The van der Waals surface area contributed by atoms with Gasteiger partial charge in [0.1, 0.15) is 11.5 Å². The first-order valence-corrected chi connectivity index (χ1v) is 11.3. The summed E-state index contributed by atoms with van der Waals surface area (Å²) in [6.45, 7) is 7.71. The van der Waals surface area contributed by atoms with Crippen molar-refractivity contribution in [2.24, 2.45) is 0 Å². The van der Waals surface area contributed by atoms with E-state index in [0.717, 1.165) is 34.0 Å². The first kappa shape index (κ1) is 22.8.